The van der Waals surface area contributed by atoms with Crippen LogP contribution in [0.2, 0.25) is 0 Å². The first-order valence-corrected chi connectivity index (χ1v) is 3.77. The third kappa shape index (κ3) is 0.878. The molecule has 0 bridgehead atoms. The fourth-order valence-electron chi connectivity index (χ4n) is 1.51. The molecule has 0 spiro atoms. The number of carbonyl (C=O) groups is 2. The van der Waals surface area contributed by atoms with Crippen LogP contribution in [-0.2, 0) is 14.3 Å². The molecule has 1 heterocycles. The van der Waals surface area contributed by atoms with Crippen LogP contribution in [-0.4, -0.2) is 11.8 Å². The molecule has 3 heteroatoms. The Hall–Kier alpha value is -1.12. The molecule has 0 aromatic carbocycles. The minimum absolute atomic E-state index is 0.417. The van der Waals surface area contributed by atoms with E-state index in [0.717, 1.165) is 25.7 Å². The Morgan fingerprint density at radius 1 is 1.09 bits per heavy atom. The molecule has 0 atom stereocenters. The Balaban J connectivity index is 2.34. The third-order valence-corrected chi connectivity index (χ3v) is 2.09. The molecule has 0 saturated carbocycles. The van der Waals surface area contributed by atoms with Crippen LogP contribution >= 0.6 is 0 Å². The van der Waals surface area contributed by atoms with Crippen molar-refractivity contribution in [3.63, 3.8) is 0 Å². The van der Waals surface area contributed by atoms with E-state index >= 15 is 0 Å². The van der Waals surface area contributed by atoms with Gasteiger partial charge in [0.1, 0.15) is 5.76 Å². The summed E-state index contributed by atoms with van der Waals surface area (Å²) in [5.41, 5.74) is 0.626. The van der Waals surface area contributed by atoms with Crippen molar-refractivity contribution >= 4 is 11.8 Å². The normalized spacial score (nSPS) is 23.6. The molecule has 0 saturated heterocycles. The van der Waals surface area contributed by atoms with Gasteiger partial charge < -0.3 is 4.74 Å². The van der Waals surface area contributed by atoms with E-state index in [-0.39, 0.29) is 0 Å². The van der Waals surface area contributed by atoms with Crippen molar-refractivity contribution in [2.24, 2.45) is 0 Å². The molecule has 0 aromatic rings. The van der Waals surface area contributed by atoms with Gasteiger partial charge in [0.05, 0.1) is 0 Å². The molecule has 0 aromatic heterocycles. The summed E-state index contributed by atoms with van der Waals surface area (Å²) in [7, 11) is 0. The van der Waals surface area contributed by atoms with Crippen molar-refractivity contribution in [1.82, 2.24) is 0 Å². The average Bonchev–Trinajstić information content (AvgIpc) is 2.30. The lowest BCUT2D eigenvalue weighted by Crippen LogP contribution is -2.09. The van der Waals surface area contributed by atoms with Crippen LogP contribution in [0.5, 0.6) is 0 Å². The van der Waals surface area contributed by atoms with Crippen molar-refractivity contribution in [3.05, 3.63) is 11.3 Å². The lowest BCUT2D eigenvalue weighted by Gasteiger charge is -2.08. The highest BCUT2D eigenvalue weighted by Gasteiger charge is 2.34. The molecule has 2 aliphatic rings. The van der Waals surface area contributed by atoms with Gasteiger partial charge >= 0.3 is 5.97 Å². The number of esters is 1. The van der Waals surface area contributed by atoms with Crippen LogP contribution in [0.3, 0.4) is 0 Å². The molecule has 1 aliphatic heterocycles. The summed E-state index contributed by atoms with van der Waals surface area (Å²) in [5, 5.41) is 0. The Morgan fingerprint density at radius 3 is 2.55 bits per heavy atom. The molecule has 0 unspecified atom stereocenters. The Labute approximate surface area is 64.0 Å². The summed E-state index contributed by atoms with van der Waals surface area (Å²) in [6, 6.07) is 0. The zero-order valence-corrected chi connectivity index (χ0v) is 6.05. The maximum atomic E-state index is 11.0. The summed E-state index contributed by atoms with van der Waals surface area (Å²) in [4.78, 5) is 21.7. The van der Waals surface area contributed by atoms with Crippen molar-refractivity contribution in [2.75, 3.05) is 0 Å². The summed E-state index contributed by atoms with van der Waals surface area (Å²) >= 11 is 0. The molecule has 0 radical (unpaired) electrons. The maximum absolute atomic E-state index is 11.0. The first-order valence-electron chi connectivity index (χ1n) is 3.77. The van der Waals surface area contributed by atoms with Gasteiger partial charge in [0.15, 0.2) is 0 Å². The topological polar surface area (TPSA) is 43.4 Å². The molecule has 1 aliphatic carbocycles. The number of allylic oxidation sites excluding steroid dienone is 1. The van der Waals surface area contributed by atoms with Crippen molar-refractivity contribution in [2.45, 2.75) is 25.7 Å². The van der Waals surface area contributed by atoms with E-state index in [1.54, 1.807) is 0 Å². The van der Waals surface area contributed by atoms with Gasteiger partial charge in [-0.2, -0.15) is 0 Å². The summed E-state index contributed by atoms with van der Waals surface area (Å²) in [6.07, 6.45) is 3.51. The highest BCUT2D eigenvalue weighted by atomic mass is 16.5. The molecule has 0 amide bonds. The number of ether oxygens (including phenoxy) is 1. The van der Waals surface area contributed by atoms with Gasteiger partial charge in [-0.15, -0.1) is 0 Å². The van der Waals surface area contributed by atoms with Gasteiger partial charge in [-0.25, -0.2) is 4.79 Å². The van der Waals surface area contributed by atoms with E-state index in [2.05, 4.69) is 0 Å². The molecule has 2 rings (SSSR count). The SMILES string of the molecule is O=C1OC2=C(CCCC2)C1=O. The van der Waals surface area contributed by atoms with Crippen LogP contribution in [0.25, 0.3) is 0 Å². The standard InChI is InChI=1S/C8H8O3/c9-7-5-3-1-2-4-6(5)11-8(7)10/h1-4H2. The van der Waals surface area contributed by atoms with Gasteiger partial charge in [0.25, 0.3) is 5.78 Å². The van der Waals surface area contributed by atoms with Gasteiger partial charge in [0.2, 0.25) is 0 Å². The minimum atomic E-state index is -0.683. The van der Waals surface area contributed by atoms with E-state index < -0.39 is 11.8 Å². The summed E-state index contributed by atoms with van der Waals surface area (Å²) < 4.78 is 4.77. The zero-order chi connectivity index (χ0) is 7.84. The largest absolute Gasteiger partial charge is 0.425 e. The van der Waals surface area contributed by atoms with Crippen LogP contribution in [0, 0.1) is 0 Å². The number of carbonyl (C=O) groups excluding carboxylic acids is 2. The predicted molar refractivity (Wildman–Crippen MR) is 36.6 cm³/mol. The van der Waals surface area contributed by atoms with E-state index in [1.807, 2.05) is 0 Å². The van der Waals surface area contributed by atoms with Crippen LogP contribution < -0.4 is 0 Å². The number of hydrogen-bond acceptors (Lipinski definition) is 3. The highest BCUT2D eigenvalue weighted by molar-refractivity contribution is 6.42. The molecule has 58 valence electrons. The number of ketones is 1. The molecular weight excluding hydrogens is 144 g/mol. The fourth-order valence-corrected chi connectivity index (χ4v) is 1.51. The van der Waals surface area contributed by atoms with Gasteiger partial charge in [-0.1, -0.05) is 0 Å². The second-order valence-corrected chi connectivity index (χ2v) is 2.83. The molecule has 0 N–H and O–H groups in total. The second kappa shape index (κ2) is 2.19. The summed E-state index contributed by atoms with van der Waals surface area (Å²) in [5.74, 6) is -0.470. The maximum Gasteiger partial charge on any atom is 0.384 e. The highest BCUT2D eigenvalue weighted by Crippen LogP contribution is 2.30. The Bertz CT molecular complexity index is 263. The molecule has 11 heavy (non-hydrogen) atoms. The van der Waals surface area contributed by atoms with Gasteiger partial charge in [0, 0.05) is 12.0 Å². The number of Topliss-reactive ketones (excluding diaryl/α,β-unsaturated/α-hetero) is 1. The third-order valence-electron chi connectivity index (χ3n) is 2.09. The first-order chi connectivity index (χ1) is 5.29. The van der Waals surface area contributed by atoms with Crippen molar-refractivity contribution in [3.8, 4) is 0 Å². The van der Waals surface area contributed by atoms with E-state index in [4.69, 9.17) is 4.74 Å². The van der Waals surface area contributed by atoms with E-state index in [0.29, 0.717) is 11.3 Å². The van der Waals surface area contributed by atoms with Crippen LogP contribution in [0.4, 0.5) is 0 Å². The average molecular weight is 152 g/mol. The smallest absolute Gasteiger partial charge is 0.384 e. The zero-order valence-electron chi connectivity index (χ0n) is 6.05. The lowest BCUT2D eigenvalue weighted by molar-refractivity contribution is -0.146. The van der Waals surface area contributed by atoms with E-state index in [1.165, 1.54) is 0 Å². The molecular formula is C8H8O3. The number of hydrogen-bond donors (Lipinski definition) is 0. The predicted octanol–water partition coefficient (Wildman–Crippen LogP) is 0.940. The second-order valence-electron chi connectivity index (χ2n) is 2.83. The quantitative estimate of drug-likeness (QED) is 0.383. The van der Waals surface area contributed by atoms with Gasteiger partial charge in [-0.05, 0) is 19.3 Å². The monoisotopic (exact) mass is 152 g/mol. The first kappa shape index (κ1) is 6.58. The van der Waals surface area contributed by atoms with E-state index in [9.17, 15) is 9.59 Å². The van der Waals surface area contributed by atoms with Crippen molar-refractivity contribution in [1.29, 1.82) is 0 Å². The Kier molecular flexibility index (Phi) is 1.31. The minimum Gasteiger partial charge on any atom is -0.425 e. The molecule has 3 nitrogen and oxygen atoms in total. The number of rotatable bonds is 0. The van der Waals surface area contributed by atoms with Crippen molar-refractivity contribution < 1.29 is 14.3 Å². The van der Waals surface area contributed by atoms with Crippen LogP contribution in [0.1, 0.15) is 25.7 Å². The van der Waals surface area contributed by atoms with Gasteiger partial charge in [-0.3, -0.25) is 4.79 Å². The fraction of sp³-hybridized carbons (Fsp3) is 0.500. The Morgan fingerprint density at radius 2 is 1.82 bits per heavy atom. The van der Waals surface area contributed by atoms with Crippen LogP contribution in [0.15, 0.2) is 11.3 Å². The molecule has 0 fully saturated rings. The summed E-state index contributed by atoms with van der Waals surface area (Å²) in [6.45, 7) is 0. The lowest BCUT2D eigenvalue weighted by atomic mass is 9.97.